The van der Waals surface area contributed by atoms with Gasteiger partial charge in [-0.2, -0.15) is 0 Å². The summed E-state index contributed by atoms with van der Waals surface area (Å²) in [7, 11) is 0. The van der Waals surface area contributed by atoms with E-state index in [-0.39, 0.29) is 6.61 Å². The van der Waals surface area contributed by atoms with Crippen molar-refractivity contribution < 1.29 is 5.11 Å². The van der Waals surface area contributed by atoms with E-state index in [2.05, 4.69) is 43.9 Å². The molecule has 98 valence electrons. The van der Waals surface area contributed by atoms with Crippen LogP contribution in [0, 0.1) is 0 Å². The zero-order chi connectivity index (χ0) is 13.1. The first-order valence-electron chi connectivity index (χ1n) is 6.81. The number of aliphatic hydroxyl groups excluding tert-OH is 1. The molecule has 0 aliphatic carbocycles. The van der Waals surface area contributed by atoms with Gasteiger partial charge >= 0.3 is 0 Å². The number of aliphatic hydroxyl groups is 1. The van der Waals surface area contributed by atoms with E-state index in [1.54, 1.807) is 0 Å². The maximum Gasteiger partial charge on any atom is 0.0618 e. The van der Waals surface area contributed by atoms with Crippen LogP contribution >= 0.6 is 0 Å². The van der Waals surface area contributed by atoms with Gasteiger partial charge in [0.05, 0.1) is 6.61 Å². The third kappa shape index (κ3) is 2.59. The van der Waals surface area contributed by atoms with Gasteiger partial charge < -0.3 is 10.0 Å². The van der Waals surface area contributed by atoms with Gasteiger partial charge in [0.1, 0.15) is 0 Å². The van der Waals surface area contributed by atoms with Crippen molar-refractivity contribution in [3.63, 3.8) is 0 Å². The number of fused-ring (bicyclic) bond motifs is 1. The minimum absolute atomic E-state index is 0.112. The van der Waals surface area contributed by atoms with Crippen LogP contribution in [0.2, 0.25) is 0 Å². The Labute approximate surface area is 110 Å². The van der Waals surface area contributed by atoms with E-state index >= 15 is 0 Å². The predicted octanol–water partition coefficient (Wildman–Crippen LogP) is 3.24. The summed E-state index contributed by atoms with van der Waals surface area (Å²) in [5, 5.41) is 8.97. The summed E-state index contributed by atoms with van der Waals surface area (Å²) in [5.74, 6) is 0. The van der Waals surface area contributed by atoms with Crippen LogP contribution in [0.25, 0.3) is 5.57 Å². The molecular formula is C16H23NO. The van der Waals surface area contributed by atoms with Crippen molar-refractivity contribution in [2.75, 3.05) is 18.1 Å². The lowest BCUT2D eigenvalue weighted by Gasteiger charge is -2.35. The maximum absolute atomic E-state index is 8.97. The molecule has 0 bridgehead atoms. The third-order valence-electron chi connectivity index (χ3n) is 3.71. The summed E-state index contributed by atoms with van der Waals surface area (Å²) in [6.07, 6.45) is 4.26. The van der Waals surface area contributed by atoms with Gasteiger partial charge in [-0.3, -0.25) is 0 Å². The van der Waals surface area contributed by atoms with Crippen LogP contribution < -0.4 is 4.90 Å². The highest BCUT2D eigenvalue weighted by Crippen LogP contribution is 2.31. The molecule has 1 aromatic rings. The fourth-order valence-corrected chi connectivity index (χ4v) is 2.66. The molecular weight excluding hydrogens is 222 g/mol. The Bertz CT molecular complexity index is 448. The fourth-order valence-electron chi connectivity index (χ4n) is 2.66. The van der Waals surface area contributed by atoms with E-state index in [1.165, 1.54) is 29.7 Å². The van der Waals surface area contributed by atoms with Crippen molar-refractivity contribution in [3.8, 4) is 0 Å². The maximum atomic E-state index is 8.97. The molecule has 0 saturated carbocycles. The number of hydrogen-bond donors (Lipinski definition) is 1. The first-order chi connectivity index (χ1) is 8.63. The van der Waals surface area contributed by atoms with Crippen molar-refractivity contribution in [1.82, 2.24) is 0 Å². The molecule has 0 amide bonds. The molecule has 2 nitrogen and oxygen atoms in total. The number of allylic oxidation sites excluding steroid dienone is 1. The third-order valence-corrected chi connectivity index (χ3v) is 3.71. The Morgan fingerprint density at radius 1 is 1.44 bits per heavy atom. The Kier molecular flexibility index (Phi) is 4.07. The van der Waals surface area contributed by atoms with Gasteiger partial charge in [-0.25, -0.2) is 0 Å². The first kappa shape index (κ1) is 13.2. The van der Waals surface area contributed by atoms with Gasteiger partial charge in [0.2, 0.25) is 0 Å². The van der Waals surface area contributed by atoms with Crippen molar-refractivity contribution >= 4 is 11.3 Å². The largest absolute Gasteiger partial charge is 0.392 e. The second-order valence-electron chi connectivity index (χ2n) is 5.30. The molecule has 18 heavy (non-hydrogen) atoms. The Hall–Kier alpha value is -1.28. The summed E-state index contributed by atoms with van der Waals surface area (Å²) in [5.41, 5.74) is 5.21. The van der Waals surface area contributed by atoms with Gasteiger partial charge in [0.15, 0.2) is 0 Å². The van der Waals surface area contributed by atoms with E-state index in [4.69, 9.17) is 5.11 Å². The monoisotopic (exact) mass is 245 g/mol. The molecule has 0 atom stereocenters. The standard InChI is InChI=1S/C16H23NO/c1-12(2)17-9-4-5-15-11-14(6-7-16(15)17)13(3)8-10-18/h6-8,11-12,18H,4-5,9-10H2,1-3H3. The highest BCUT2D eigenvalue weighted by atomic mass is 16.2. The van der Waals surface area contributed by atoms with Crippen molar-refractivity contribution in [2.45, 2.75) is 39.7 Å². The molecule has 1 heterocycles. The molecule has 1 aliphatic heterocycles. The summed E-state index contributed by atoms with van der Waals surface area (Å²) in [6.45, 7) is 7.83. The zero-order valence-electron chi connectivity index (χ0n) is 11.6. The van der Waals surface area contributed by atoms with Crippen molar-refractivity contribution in [1.29, 1.82) is 0 Å². The summed E-state index contributed by atoms with van der Waals surface area (Å²) in [6, 6.07) is 7.24. The van der Waals surface area contributed by atoms with Gasteiger partial charge in [0.25, 0.3) is 0 Å². The van der Waals surface area contributed by atoms with Gasteiger partial charge in [-0.15, -0.1) is 0 Å². The lowest BCUT2D eigenvalue weighted by atomic mass is 9.96. The number of hydrogen-bond acceptors (Lipinski definition) is 2. The van der Waals surface area contributed by atoms with Crippen molar-refractivity contribution in [3.05, 3.63) is 35.4 Å². The van der Waals surface area contributed by atoms with Crippen molar-refractivity contribution in [2.24, 2.45) is 0 Å². The highest BCUT2D eigenvalue weighted by molar-refractivity contribution is 5.69. The topological polar surface area (TPSA) is 23.5 Å². The van der Waals surface area contributed by atoms with E-state index in [1.807, 2.05) is 6.08 Å². The lowest BCUT2D eigenvalue weighted by Crippen LogP contribution is -2.35. The number of benzene rings is 1. The van der Waals surface area contributed by atoms with Crippen LogP contribution in [0.1, 0.15) is 38.3 Å². The summed E-state index contributed by atoms with van der Waals surface area (Å²) >= 11 is 0. The van der Waals surface area contributed by atoms with Gasteiger partial charge in [-0.05, 0) is 62.4 Å². The highest BCUT2D eigenvalue weighted by Gasteiger charge is 2.19. The molecule has 1 aromatic carbocycles. The molecule has 0 radical (unpaired) electrons. The van der Waals surface area contributed by atoms with Crippen LogP contribution in [-0.2, 0) is 6.42 Å². The Morgan fingerprint density at radius 2 is 2.22 bits per heavy atom. The van der Waals surface area contributed by atoms with Crippen LogP contribution in [0.4, 0.5) is 5.69 Å². The molecule has 0 spiro atoms. The van der Waals surface area contributed by atoms with Gasteiger partial charge in [-0.1, -0.05) is 12.1 Å². The lowest BCUT2D eigenvalue weighted by molar-refractivity contribution is 0.343. The smallest absolute Gasteiger partial charge is 0.0618 e. The minimum atomic E-state index is 0.112. The van der Waals surface area contributed by atoms with E-state index in [9.17, 15) is 0 Å². The molecule has 0 saturated heterocycles. The van der Waals surface area contributed by atoms with Crippen LogP contribution in [0.3, 0.4) is 0 Å². The van der Waals surface area contributed by atoms with E-state index in [0.717, 1.165) is 12.1 Å². The fraction of sp³-hybridized carbons (Fsp3) is 0.500. The number of nitrogens with zero attached hydrogens (tertiary/aromatic N) is 1. The number of aryl methyl sites for hydroxylation is 1. The quantitative estimate of drug-likeness (QED) is 0.883. The molecule has 0 unspecified atom stereocenters. The van der Waals surface area contributed by atoms with Crippen LogP contribution in [-0.4, -0.2) is 24.3 Å². The average molecular weight is 245 g/mol. The van der Waals surface area contributed by atoms with Gasteiger partial charge in [0, 0.05) is 18.3 Å². The second kappa shape index (κ2) is 5.57. The van der Waals surface area contributed by atoms with E-state index in [0.29, 0.717) is 6.04 Å². The molecule has 2 rings (SSSR count). The summed E-state index contributed by atoms with van der Waals surface area (Å²) in [4.78, 5) is 2.48. The first-order valence-corrected chi connectivity index (χ1v) is 6.81. The second-order valence-corrected chi connectivity index (χ2v) is 5.30. The Morgan fingerprint density at radius 3 is 2.89 bits per heavy atom. The molecule has 1 N–H and O–H groups in total. The number of rotatable bonds is 3. The van der Waals surface area contributed by atoms with E-state index < -0.39 is 0 Å². The molecule has 2 heteroatoms. The predicted molar refractivity (Wildman–Crippen MR) is 78.0 cm³/mol. The average Bonchev–Trinajstić information content (AvgIpc) is 2.37. The van der Waals surface area contributed by atoms with Crippen LogP contribution in [0.5, 0.6) is 0 Å². The normalized spacial score (nSPS) is 16.1. The SMILES string of the molecule is CC(=CCO)c1ccc2c(c1)CCCN2C(C)C. The van der Waals surface area contributed by atoms with Crippen LogP contribution in [0.15, 0.2) is 24.3 Å². The minimum Gasteiger partial charge on any atom is -0.392 e. The molecule has 0 fully saturated rings. The number of anilines is 1. The zero-order valence-corrected chi connectivity index (χ0v) is 11.6. The Balaban J connectivity index is 2.35. The molecule has 1 aliphatic rings. The molecule has 0 aromatic heterocycles. The summed E-state index contributed by atoms with van der Waals surface area (Å²) < 4.78 is 0.